The van der Waals surface area contributed by atoms with Crippen LogP contribution in [-0.4, -0.2) is 61.1 Å². The zero-order chi connectivity index (χ0) is 17.6. The molecule has 25 heavy (non-hydrogen) atoms. The fourth-order valence-corrected chi connectivity index (χ4v) is 3.33. The highest BCUT2D eigenvalue weighted by Gasteiger charge is 2.31. The number of carbonyl (C=O) groups excluding carboxylic acids is 2. The molecule has 0 unspecified atom stereocenters. The van der Waals surface area contributed by atoms with Gasteiger partial charge >= 0.3 is 6.03 Å². The molecule has 3 amide bonds. The van der Waals surface area contributed by atoms with Crippen LogP contribution in [0, 0.1) is 11.7 Å². The molecule has 3 rings (SSSR count). The standard InChI is InChI=1S/C18H24FN3O3/c19-16-6-2-1-4-14(16)12-20-18(24)22-7-3-5-15(13-22)17(23)21-8-10-25-11-9-21/h1-2,4,6,15H,3,5,7-13H2,(H,20,24)/t15-/m1/s1. The summed E-state index contributed by atoms with van der Waals surface area (Å²) in [6, 6.07) is 6.13. The summed E-state index contributed by atoms with van der Waals surface area (Å²) in [6.07, 6.45) is 1.60. The number of urea groups is 1. The average molecular weight is 349 g/mol. The Morgan fingerprint density at radius 1 is 1.16 bits per heavy atom. The summed E-state index contributed by atoms with van der Waals surface area (Å²) in [5, 5.41) is 2.75. The summed E-state index contributed by atoms with van der Waals surface area (Å²) in [4.78, 5) is 28.5. The lowest BCUT2D eigenvalue weighted by Gasteiger charge is -2.36. The predicted molar refractivity (Wildman–Crippen MR) is 90.3 cm³/mol. The van der Waals surface area contributed by atoms with E-state index in [1.54, 1.807) is 23.1 Å². The number of ether oxygens (including phenoxy) is 1. The van der Waals surface area contributed by atoms with E-state index in [4.69, 9.17) is 4.74 Å². The SMILES string of the molecule is O=C(NCc1ccccc1F)N1CCC[C@@H](C(=O)N2CCOCC2)C1. The lowest BCUT2D eigenvalue weighted by molar-refractivity contribution is -0.141. The lowest BCUT2D eigenvalue weighted by Crippen LogP contribution is -2.51. The Balaban J connectivity index is 1.52. The molecule has 0 radical (unpaired) electrons. The normalized spacial score (nSPS) is 21.1. The van der Waals surface area contributed by atoms with E-state index in [1.165, 1.54) is 6.07 Å². The van der Waals surface area contributed by atoms with Crippen molar-refractivity contribution in [1.29, 1.82) is 0 Å². The van der Waals surface area contributed by atoms with Crippen molar-refractivity contribution >= 4 is 11.9 Å². The van der Waals surface area contributed by atoms with Gasteiger partial charge in [-0.05, 0) is 18.9 Å². The van der Waals surface area contributed by atoms with E-state index in [1.807, 2.05) is 4.90 Å². The molecule has 0 aromatic heterocycles. The van der Waals surface area contributed by atoms with Gasteiger partial charge in [0, 0.05) is 38.3 Å². The van der Waals surface area contributed by atoms with Gasteiger partial charge in [-0.1, -0.05) is 18.2 Å². The highest BCUT2D eigenvalue weighted by molar-refractivity contribution is 5.81. The third-order valence-electron chi connectivity index (χ3n) is 4.77. The van der Waals surface area contributed by atoms with Crippen molar-refractivity contribution in [3.63, 3.8) is 0 Å². The molecule has 0 aliphatic carbocycles. The quantitative estimate of drug-likeness (QED) is 0.902. The molecule has 2 aliphatic rings. The van der Waals surface area contributed by atoms with Gasteiger partial charge in [-0.2, -0.15) is 0 Å². The number of likely N-dealkylation sites (tertiary alicyclic amines) is 1. The van der Waals surface area contributed by atoms with E-state index >= 15 is 0 Å². The van der Waals surface area contributed by atoms with Gasteiger partial charge in [-0.3, -0.25) is 4.79 Å². The Hall–Kier alpha value is -2.15. The summed E-state index contributed by atoms with van der Waals surface area (Å²) in [5.41, 5.74) is 0.453. The fraction of sp³-hybridized carbons (Fsp3) is 0.556. The van der Waals surface area contributed by atoms with Crippen molar-refractivity contribution in [2.24, 2.45) is 5.92 Å². The number of amides is 3. The number of rotatable bonds is 3. The van der Waals surface area contributed by atoms with E-state index in [0.29, 0.717) is 45.0 Å². The smallest absolute Gasteiger partial charge is 0.317 e. The Morgan fingerprint density at radius 2 is 1.92 bits per heavy atom. The molecule has 0 spiro atoms. The van der Waals surface area contributed by atoms with Crippen molar-refractivity contribution in [2.75, 3.05) is 39.4 Å². The highest BCUT2D eigenvalue weighted by Crippen LogP contribution is 2.20. The monoisotopic (exact) mass is 349 g/mol. The van der Waals surface area contributed by atoms with Crippen molar-refractivity contribution in [3.05, 3.63) is 35.6 Å². The Morgan fingerprint density at radius 3 is 2.68 bits per heavy atom. The number of nitrogens with zero attached hydrogens (tertiary/aromatic N) is 2. The first-order valence-corrected chi connectivity index (χ1v) is 8.78. The van der Waals surface area contributed by atoms with Crippen molar-refractivity contribution in [3.8, 4) is 0 Å². The summed E-state index contributed by atoms with van der Waals surface area (Å²) in [5.74, 6) is -0.386. The molecule has 1 N–H and O–H groups in total. The number of hydrogen-bond donors (Lipinski definition) is 1. The minimum atomic E-state index is -0.332. The van der Waals surface area contributed by atoms with Crippen LogP contribution in [0.3, 0.4) is 0 Å². The van der Waals surface area contributed by atoms with Gasteiger partial charge in [0.1, 0.15) is 5.82 Å². The molecule has 1 aromatic carbocycles. The molecular weight excluding hydrogens is 325 g/mol. The molecule has 6 nitrogen and oxygen atoms in total. The number of benzene rings is 1. The number of hydrogen-bond acceptors (Lipinski definition) is 3. The number of morpholine rings is 1. The Kier molecular flexibility index (Phi) is 5.86. The lowest BCUT2D eigenvalue weighted by atomic mass is 9.96. The molecule has 2 fully saturated rings. The number of carbonyl (C=O) groups is 2. The molecule has 0 bridgehead atoms. The molecule has 2 heterocycles. The molecule has 7 heteroatoms. The second-order valence-corrected chi connectivity index (χ2v) is 6.47. The Bertz CT molecular complexity index is 619. The zero-order valence-electron chi connectivity index (χ0n) is 14.2. The summed E-state index contributed by atoms with van der Waals surface area (Å²) >= 11 is 0. The molecule has 136 valence electrons. The van der Waals surface area contributed by atoms with Gasteiger partial charge < -0.3 is 19.9 Å². The maximum absolute atomic E-state index is 13.6. The second kappa shape index (κ2) is 8.29. The molecule has 0 saturated carbocycles. The first-order valence-electron chi connectivity index (χ1n) is 8.78. The van der Waals surface area contributed by atoms with Gasteiger partial charge in [0.25, 0.3) is 0 Å². The largest absolute Gasteiger partial charge is 0.378 e. The molecule has 2 saturated heterocycles. The van der Waals surface area contributed by atoms with E-state index < -0.39 is 0 Å². The number of halogens is 1. The molecule has 1 atom stereocenters. The molecular formula is C18H24FN3O3. The second-order valence-electron chi connectivity index (χ2n) is 6.47. The van der Waals surface area contributed by atoms with Crippen LogP contribution in [0.5, 0.6) is 0 Å². The van der Waals surface area contributed by atoms with Crippen LogP contribution >= 0.6 is 0 Å². The topological polar surface area (TPSA) is 61.9 Å². The van der Waals surface area contributed by atoms with Crippen LogP contribution < -0.4 is 5.32 Å². The number of nitrogens with one attached hydrogen (secondary N) is 1. The van der Waals surface area contributed by atoms with Crippen molar-refractivity contribution in [1.82, 2.24) is 15.1 Å². The summed E-state index contributed by atoms with van der Waals surface area (Å²) < 4.78 is 18.9. The molecule has 1 aromatic rings. The van der Waals surface area contributed by atoms with Crippen LogP contribution in [-0.2, 0) is 16.1 Å². The molecule has 2 aliphatic heterocycles. The van der Waals surface area contributed by atoms with Crippen LogP contribution in [0.25, 0.3) is 0 Å². The van der Waals surface area contributed by atoms with E-state index in [9.17, 15) is 14.0 Å². The first kappa shape index (κ1) is 17.7. The third-order valence-corrected chi connectivity index (χ3v) is 4.77. The zero-order valence-corrected chi connectivity index (χ0v) is 14.2. The first-order chi connectivity index (χ1) is 12.1. The van der Waals surface area contributed by atoms with Crippen LogP contribution in [0.15, 0.2) is 24.3 Å². The average Bonchev–Trinajstić information content (AvgIpc) is 2.67. The third kappa shape index (κ3) is 4.48. The highest BCUT2D eigenvalue weighted by atomic mass is 19.1. The van der Waals surface area contributed by atoms with E-state index in [-0.39, 0.29) is 30.2 Å². The Labute approximate surface area is 146 Å². The maximum Gasteiger partial charge on any atom is 0.317 e. The van der Waals surface area contributed by atoms with Gasteiger partial charge in [-0.25, -0.2) is 9.18 Å². The van der Waals surface area contributed by atoms with Gasteiger partial charge in [0.2, 0.25) is 5.91 Å². The van der Waals surface area contributed by atoms with Crippen LogP contribution in [0.4, 0.5) is 9.18 Å². The number of piperidine rings is 1. The van der Waals surface area contributed by atoms with Crippen LogP contribution in [0.1, 0.15) is 18.4 Å². The van der Waals surface area contributed by atoms with Gasteiger partial charge in [0.15, 0.2) is 0 Å². The summed E-state index contributed by atoms with van der Waals surface area (Å²) in [7, 11) is 0. The van der Waals surface area contributed by atoms with Crippen molar-refractivity contribution < 1.29 is 18.7 Å². The summed E-state index contributed by atoms with van der Waals surface area (Å²) in [6.45, 7) is 3.57. The van der Waals surface area contributed by atoms with Gasteiger partial charge in [0.05, 0.1) is 19.1 Å². The fourth-order valence-electron chi connectivity index (χ4n) is 3.33. The van der Waals surface area contributed by atoms with Crippen LogP contribution in [0.2, 0.25) is 0 Å². The van der Waals surface area contributed by atoms with Crippen molar-refractivity contribution in [2.45, 2.75) is 19.4 Å². The minimum Gasteiger partial charge on any atom is -0.378 e. The minimum absolute atomic E-state index is 0.106. The van der Waals surface area contributed by atoms with E-state index in [2.05, 4.69) is 5.32 Å². The van der Waals surface area contributed by atoms with E-state index in [0.717, 1.165) is 12.8 Å². The van der Waals surface area contributed by atoms with Gasteiger partial charge in [-0.15, -0.1) is 0 Å². The maximum atomic E-state index is 13.6. The predicted octanol–water partition coefficient (Wildman–Crippen LogP) is 1.61.